The first kappa shape index (κ1) is 13.2. The van der Waals surface area contributed by atoms with Gasteiger partial charge in [-0.05, 0) is 17.7 Å². The minimum absolute atomic E-state index is 0.157. The van der Waals surface area contributed by atoms with Crippen LogP contribution in [0.15, 0.2) is 54.6 Å². The van der Waals surface area contributed by atoms with Crippen molar-refractivity contribution in [3.8, 4) is 0 Å². The van der Waals surface area contributed by atoms with Crippen LogP contribution in [0.1, 0.15) is 5.56 Å². The summed E-state index contributed by atoms with van der Waals surface area (Å²) in [6.45, 7) is 0.210. The SMILES string of the molecule is N=c1n(CC(=O)[O-])c2ccccc2n1Cc1ccccc1. The molecule has 3 aromatic rings. The van der Waals surface area contributed by atoms with Crippen LogP contribution in [0.4, 0.5) is 0 Å². The number of aliphatic carboxylic acids is 1. The second-order valence-corrected chi connectivity index (χ2v) is 4.84. The lowest BCUT2D eigenvalue weighted by molar-refractivity contribution is -0.306. The molecule has 0 aliphatic rings. The molecular weight excluding hydrogens is 266 g/mol. The average Bonchev–Trinajstić information content (AvgIpc) is 2.74. The Morgan fingerprint density at radius 1 is 0.952 bits per heavy atom. The van der Waals surface area contributed by atoms with Gasteiger partial charge in [-0.25, -0.2) is 0 Å². The zero-order valence-electron chi connectivity index (χ0n) is 11.3. The van der Waals surface area contributed by atoms with Crippen molar-refractivity contribution >= 4 is 17.0 Å². The minimum atomic E-state index is -1.20. The summed E-state index contributed by atoms with van der Waals surface area (Å²) in [4.78, 5) is 10.9. The molecule has 0 aliphatic heterocycles. The van der Waals surface area contributed by atoms with Gasteiger partial charge in [-0.1, -0.05) is 42.5 Å². The van der Waals surface area contributed by atoms with Crippen molar-refractivity contribution in [2.75, 3.05) is 0 Å². The van der Waals surface area contributed by atoms with Crippen molar-refractivity contribution in [3.63, 3.8) is 0 Å². The van der Waals surface area contributed by atoms with Gasteiger partial charge in [0.25, 0.3) is 0 Å². The number of benzene rings is 2. The molecule has 0 aliphatic carbocycles. The predicted octanol–water partition coefficient (Wildman–Crippen LogP) is 0.720. The molecule has 0 unspecified atom stereocenters. The number of carbonyl (C=O) groups is 1. The number of aromatic nitrogens is 2. The fraction of sp³-hybridized carbons (Fsp3) is 0.125. The smallest absolute Gasteiger partial charge is 0.203 e. The standard InChI is InChI=1S/C16H15N3O2/c17-16-18(10-12-6-2-1-3-7-12)13-8-4-5-9-14(13)19(16)11-15(20)21/h1-9,17H,10-11H2,(H,20,21)/p-1. The van der Waals surface area contributed by atoms with Crippen LogP contribution in [0.5, 0.6) is 0 Å². The highest BCUT2D eigenvalue weighted by molar-refractivity contribution is 5.77. The maximum atomic E-state index is 10.9. The molecule has 1 aromatic heterocycles. The summed E-state index contributed by atoms with van der Waals surface area (Å²) in [7, 11) is 0. The van der Waals surface area contributed by atoms with E-state index in [1.54, 1.807) is 4.57 Å². The molecule has 0 radical (unpaired) electrons. The topological polar surface area (TPSA) is 73.8 Å². The van der Waals surface area contributed by atoms with Gasteiger partial charge in [-0.3, -0.25) is 5.41 Å². The maximum absolute atomic E-state index is 10.9. The van der Waals surface area contributed by atoms with Crippen molar-refractivity contribution in [2.45, 2.75) is 13.1 Å². The Kier molecular flexibility index (Phi) is 3.31. The van der Waals surface area contributed by atoms with Gasteiger partial charge in [0.1, 0.15) is 0 Å². The molecule has 2 aromatic carbocycles. The van der Waals surface area contributed by atoms with Crippen LogP contribution >= 0.6 is 0 Å². The lowest BCUT2D eigenvalue weighted by Gasteiger charge is -2.05. The van der Waals surface area contributed by atoms with E-state index in [0.29, 0.717) is 6.54 Å². The van der Waals surface area contributed by atoms with Crippen LogP contribution in [-0.2, 0) is 17.9 Å². The molecule has 0 amide bonds. The summed E-state index contributed by atoms with van der Waals surface area (Å²) in [5.41, 5.74) is 2.78. The van der Waals surface area contributed by atoms with Crippen molar-refractivity contribution in [2.24, 2.45) is 0 Å². The molecule has 1 N–H and O–H groups in total. The van der Waals surface area contributed by atoms with E-state index < -0.39 is 5.97 Å². The number of para-hydroxylation sites is 2. The van der Waals surface area contributed by atoms with Crippen LogP contribution in [0.3, 0.4) is 0 Å². The summed E-state index contributed by atoms with van der Waals surface area (Å²) in [5, 5.41) is 19.2. The fourth-order valence-corrected chi connectivity index (χ4v) is 2.51. The molecule has 0 saturated carbocycles. The fourth-order valence-electron chi connectivity index (χ4n) is 2.51. The predicted molar refractivity (Wildman–Crippen MR) is 76.3 cm³/mol. The van der Waals surface area contributed by atoms with Crippen LogP contribution in [0.2, 0.25) is 0 Å². The van der Waals surface area contributed by atoms with Crippen molar-refractivity contribution in [3.05, 3.63) is 65.8 Å². The number of hydrogen-bond donors (Lipinski definition) is 1. The molecule has 0 bridgehead atoms. The number of fused-ring (bicyclic) bond motifs is 1. The van der Waals surface area contributed by atoms with E-state index in [4.69, 9.17) is 5.41 Å². The number of carboxylic acid groups (broad SMARTS) is 1. The van der Waals surface area contributed by atoms with Crippen molar-refractivity contribution < 1.29 is 9.90 Å². The van der Waals surface area contributed by atoms with Gasteiger partial charge in [0.2, 0.25) is 5.62 Å². The number of nitrogens with zero attached hydrogens (tertiary/aromatic N) is 2. The number of carbonyl (C=O) groups excluding carboxylic acids is 1. The van der Waals surface area contributed by atoms with E-state index in [-0.39, 0.29) is 12.2 Å². The van der Waals surface area contributed by atoms with Gasteiger partial charge in [-0.15, -0.1) is 0 Å². The Balaban J connectivity index is 2.16. The third-order valence-electron chi connectivity index (χ3n) is 3.45. The van der Waals surface area contributed by atoms with E-state index in [9.17, 15) is 9.90 Å². The summed E-state index contributed by atoms with van der Waals surface area (Å²) < 4.78 is 3.25. The third-order valence-corrected chi connectivity index (χ3v) is 3.45. The molecule has 3 rings (SSSR count). The second kappa shape index (κ2) is 5.28. The van der Waals surface area contributed by atoms with Crippen LogP contribution < -0.4 is 10.7 Å². The number of imidazole rings is 1. The number of hydrogen-bond acceptors (Lipinski definition) is 3. The number of carboxylic acids is 1. The lowest BCUT2D eigenvalue weighted by atomic mass is 10.2. The van der Waals surface area contributed by atoms with Gasteiger partial charge in [0.15, 0.2) is 0 Å². The highest BCUT2D eigenvalue weighted by Crippen LogP contribution is 2.14. The van der Waals surface area contributed by atoms with Crippen LogP contribution in [0.25, 0.3) is 11.0 Å². The molecule has 5 heteroatoms. The van der Waals surface area contributed by atoms with E-state index in [1.807, 2.05) is 54.6 Å². The average molecular weight is 280 g/mol. The first-order valence-corrected chi connectivity index (χ1v) is 6.63. The number of nitrogens with one attached hydrogen (secondary N) is 1. The van der Waals surface area contributed by atoms with Crippen molar-refractivity contribution in [1.82, 2.24) is 9.13 Å². The van der Waals surface area contributed by atoms with Gasteiger partial charge in [0.05, 0.1) is 30.1 Å². The molecule has 0 atom stereocenters. The largest absolute Gasteiger partial charge is 0.548 e. The summed E-state index contributed by atoms with van der Waals surface area (Å²) in [6, 6.07) is 17.2. The maximum Gasteiger partial charge on any atom is 0.203 e. The van der Waals surface area contributed by atoms with Crippen LogP contribution in [0, 0.1) is 5.41 Å². The first-order valence-electron chi connectivity index (χ1n) is 6.63. The Hall–Kier alpha value is -2.82. The molecule has 0 saturated heterocycles. The van der Waals surface area contributed by atoms with E-state index in [0.717, 1.165) is 16.6 Å². The number of rotatable bonds is 4. The van der Waals surface area contributed by atoms with Crippen LogP contribution in [-0.4, -0.2) is 15.1 Å². The molecule has 0 spiro atoms. The van der Waals surface area contributed by atoms with Gasteiger partial charge in [0, 0.05) is 0 Å². The van der Waals surface area contributed by atoms with E-state index in [2.05, 4.69) is 0 Å². The second-order valence-electron chi connectivity index (χ2n) is 4.84. The Labute approximate surface area is 121 Å². The Morgan fingerprint density at radius 2 is 1.52 bits per heavy atom. The Bertz CT molecular complexity index is 847. The lowest BCUT2D eigenvalue weighted by Crippen LogP contribution is -2.33. The summed E-state index contributed by atoms with van der Waals surface area (Å²) >= 11 is 0. The molecule has 0 fully saturated rings. The normalized spacial score (nSPS) is 10.9. The molecule has 21 heavy (non-hydrogen) atoms. The van der Waals surface area contributed by atoms with Gasteiger partial charge in [-0.2, -0.15) is 0 Å². The van der Waals surface area contributed by atoms with Gasteiger partial charge < -0.3 is 19.0 Å². The summed E-state index contributed by atoms with van der Waals surface area (Å²) in [5.74, 6) is -1.20. The zero-order chi connectivity index (χ0) is 14.8. The van der Waals surface area contributed by atoms with Crippen molar-refractivity contribution in [1.29, 1.82) is 5.41 Å². The minimum Gasteiger partial charge on any atom is -0.548 e. The Morgan fingerprint density at radius 3 is 2.14 bits per heavy atom. The monoisotopic (exact) mass is 280 g/mol. The summed E-state index contributed by atoms with van der Waals surface area (Å²) in [6.07, 6.45) is 0. The van der Waals surface area contributed by atoms with Gasteiger partial charge >= 0.3 is 0 Å². The molecule has 106 valence electrons. The highest BCUT2D eigenvalue weighted by Gasteiger charge is 2.10. The molecular formula is C16H14N3O2-. The molecule has 5 nitrogen and oxygen atoms in total. The third kappa shape index (κ3) is 2.45. The highest BCUT2D eigenvalue weighted by atomic mass is 16.4. The quantitative estimate of drug-likeness (QED) is 0.764. The van der Waals surface area contributed by atoms with E-state index >= 15 is 0 Å². The van der Waals surface area contributed by atoms with E-state index in [1.165, 1.54) is 4.57 Å². The zero-order valence-corrected chi connectivity index (χ0v) is 11.3. The molecule has 1 heterocycles. The first-order chi connectivity index (χ1) is 10.2.